The Bertz CT molecular complexity index is 1370. The summed E-state index contributed by atoms with van der Waals surface area (Å²) in [6.07, 6.45) is 0.892. The number of hydrogen-bond acceptors (Lipinski definition) is 6. The van der Waals surface area contributed by atoms with Crippen molar-refractivity contribution in [2.75, 3.05) is 13.7 Å². The number of methoxy groups -OCH3 is 1. The predicted octanol–water partition coefficient (Wildman–Crippen LogP) is 5.82. The van der Waals surface area contributed by atoms with Crippen LogP contribution in [0.1, 0.15) is 35.4 Å². The quantitative estimate of drug-likeness (QED) is 0.251. The van der Waals surface area contributed by atoms with Crippen LogP contribution in [0.5, 0.6) is 5.75 Å². The van der Waals surface area contributed by atoms with Gasteiger partial charge in [-0.1, -0.05) is 41.6 Å². The van der Waals surface area contributed by atoms with Crippen molar-refractivity contribution >= 4 is 33.3 Å². The predicted molar refractivity (Wildman–Crippen MR) is 142 cm³/mol. The molecule has 0 spiro atoms. The Morgan fingerprint density at radius 2 is 1.85 bits per heavy atom. The lowest BCUT2D eigenvalue weighted by molar-refractivity contribution is 0.206. The molecule has 5 nitrogen and oxygen atoms in total. The van der Waals surface area contributed by atoms with E-state index in [2.05, 4.69) is 49.9 Å². The first kappa shape index (κ1) is 23.1. The van der Waals surface area contributed by atoms with Gasteiger partial charge in [-0.3, -0.25) is 14.3 Å². The first-order valence-corrected chi connectivity index (χ1v) is 13.4. The second kappa shape index (κ2) is 9.56. The summed E-state index contributed by atoms with van der Waals surface area (Å²) in [5, 5.41) is 1.52. The minimum Gasteiger partial charge on any atom is -0.497 e. The number of aryl methyl sites for hydroxylation is 1. The largest absolute Gasteiger partial charge is 0.497 e. The average molecular weight is 492 g/mol. The van der Waals surface area contributed by atoms with E-state index in [1.54, 1.807) is 34.8 Å². The number of thiophene rings is 1. The van der Waals surface area contributed by atoms with Crippen LogP contribution in [-0.4, -0.2) is 34.1 Å². The summed E-state index contributed by atoms with van der Waals surface area (Å²) >= 11 is 3.29. The van der Waals surface area contributed by atoms with Gasteiger partial charge in [-0.25, -0.2) is 4.98 Å². The standard InChI is InChI=1S/C27H29N3O2S2/c1-17(2)29-14-13-22-23(15-29)34-25-24(22)26(31)30(20-9-11-21(32-4)12-10-20)27(28-25)33-16-19-7-5-18(3)6-8-19/h5-12,17H,13-16H2,1-4H3. The number of hydrogen-bond donors (Lipinski definition) is 0. The molecule has 3 heterocycles. The van der Waals surface area contributed by atoms with Gasteiger partial charge in [0.25, 0.3) is 5.56 Å². The van der Waals surface area contributed by atoms with Gasteiger partial charge in [0, 0.05) is 29.8 Å². The number of aromatic nitrogens is 2. The van der Waals surface area contributed by atoms with Crippen LogP contribution in [0, 0.1) is 6.92 Å². The molecule has 1 aliphatic heterocycles. The summed E-state index contributed by atoms with van der Waals surface area (Å²) in [6.45, 7) is 8.41. The van der Waals surface area contributed by atoms with Crippen LogP contribution in [0.15, 0.2) is 58.5 Å². The van der Waals surface area contributed by atoms with Crippen LogP contribution in [0.3, 0.4) is 0 Å². The van der Waals surface area contributed by atoms with Crippen molar-refractivity contribution in [1.29, 1.82) is 0 Å². The molecule has 0 fully saturated rings. The van der Waals surface area contributed by atoms with E-state index in [1.807, 2.05) is 24.3 Å². The monoisotopic (exact) mass is 491 g/mol. The molecule has 1 aliphatic rings. The molecule has 0 amide bonds. The van der Waals surface area contributed by atoms with Gasteiger partial charge < -0.3 is 4.74 Å². The van der Waals surface area contributed by atoms with E-state index in [0.29, 0.717) is 6.04 Å². The Morgan fingerprint density at radius 1 is 1.12 bits per heavy atom. The first-order valence-electron chi connectivity index (χ1n) is 11.6. The van der Waals surface area contributed by atoms with E-state index < -0.39 is 0 Å². The smallest absolute Gasteiger partial charge is 0.267 e. The van der Waals surface area contributed by atoms with Crippen molar-refractivity contribution < 1.29 is 4.74 Å². The first-order chi connectivity index (χ1) is 16.4. The van der Waals surface area contributed by atoms with Crippen molar-refractivity contribution in [2.45, 2.75) is 50.7 Å². The van der Waals surface area contributed by atoms with Gasteiger partial charge >= 0.3 is 0 Å². The minimum atomic E-state index is 0.0251. The second-order valence-electron chi connectivity index (χ2n) is 9.01. The van der Waals surface area contributed by atoms with Crippen LogP contribution in [0.25, 0.3) is 15.9 Å². The number of benzene rings is 2. The Balaban J connectivity index is 1.62. The molecule has 4 aromatic rings. The highest BCUT2D eigenvalue weighted by Crippen LogP contribution is 2.35. The molecule has 5 rings (SSSR count). The number of fused-ring (bicyclic) bond motifs is 3. The molecule has 0 radical (unpaired) electrons. The van der Waals surface area contributed by atoms with Crippen LogP contribution < -0.4 is 10.3 Å². The van der Waals surface area contributed by atoms with Crippen LogP contribution in [0.2, 0.25) is 0 Å². The van der Waals surface area contributed by atoms with Gasteiger partial charge in [-0.15, -0.1) is 11.3 Å². The Kier molecular flexibility index (Phi) is 6.51. The normalized spacial score (nSPS) is 14.0. The number of thioether (sulfide) groups is 1. The van der Waals surface area contributed by atoms with Gasteiger partial charge in [-0.05, 0) is 62.6 Å². The molecule has 0 bridgehead atoms. The molecular formula is C27H29N3O2S2. The molecule has 34 heavy (non-hydrogen) atoms. The topological polar surface area (TPSA) is 47.4 Å². The number of ether oxygens (including phenoxy) is 1. The lowest BCUT2D eigenvalue weighted by atomic mass is 10.0. The number of nitrogens with zero attached hydrogens (tertiary/aromatic N) is 3. The van der Waals surface area contributed by atoms with Gasteiger partial charge in [0.15, 0.2) is 5.16 Å². The Labute approximate surface area is 208 Å². The van der Waals surface area contributed by atoms with Crippen LogP contribution in [0.4, 0.5) is 0 Å². The molecule has 0 atom stereocenters. The van der Waals surface area contributed by atoms with Crippen molar-refractivity contribution in [3.8, 4) is 11.4 Å². The SMILES string of the molecule is COc1ccc(-n2c(SCc3ccc(C)cc3)nc3sc4c(c3c2=O)CCN(C(C)C)C4)cc1. The fourth-order valence-electron chi connectivity index (χ4n) is 4.37. The summed E-state index contributed by atoms with van der Waals surface area (Å²) < 4.78 is 7.11. The van der Waals surface area contributed by atoms with E-state index in [-0.39, 0.29) is 5.56 Å². The summed E-state index contributed by atoms with van der Waals surface area (Å²) in [5.41, 5.74) is 4.47. The third-order valence-corrected chi connectivity index (χ3v) is 8.54. The highest BCUT2D eigenvalue weighted by Gasteiger charge is 2.26. The fraction of sp³-hybridized carbons (Fsp3) is 0.333. The molecule has 0 saturated carbocycles. The maximum atomic E-state index is 14.0. The van der Waals surface area contributed by atoms with Crippen molar-refractivity contribution in [3.63, 3.8) is 0 Å². The third-order valence-electron chi connectivity index (χ3n) is 6.42. The highest BCUT2D eigenvalue weighted by molar-refractivity contribution is 7.98. The van der Waals surface area contributed by atoms with Crippen LogP contribution in [-0.2, 0) is 18.7 Å². The van der Waals surface area contributed by atoms with E-state index in [0.717, 1.165) is 52.1 Å². The third kappa shape index (κ3) is 4.40. The Morgan fingerprint density at radius 3 is 2.53 bits per heavy atom. The van der Waals surface area contributed by atoms with E-state index in [1.165, 1.54) is 21.6 Å². The molecule has 0 aliphatic carbocycles. The summed E-state index contributed by atoms with van der Waals surface area (Å²) in [5.74, 6) is 1.52. The maximum Gasteiger partial charge on any atom is 0.267 e. The molecule has 0 N–H and O–H groups in total. The number of rotatable bonds is 6. The van der Waals surface area contributed by atoms with E-state index in [9.17, 15) is 4.79 Å². The fourth-order valence-corrected chi connectivity index (χ4v) is 6.63. The van der Waals surface area contributed by atoms with Gasteiger partial charge in [0.2, 0.25) is 0 Å². The molecular weight excluding hydrogens is 462 g/mol. The Hall–Kier alpha value is -2.61. The summed E-state index contributed by atoms with van der Waals surface area (Å²) in [7, 11) is 1.65. The van der Waals surface area contributed by atoms with Crippen molar-refractivity contribution in [2.24, 2.45) is 0 Å². The van der Waals surface area contributed by atoms with Crippen LogP contribution >= 0.6 is 23.1 Å². The van der Waals surface area contributed by atoms with E-state index >= 15 is 0 Å². The summed E-state index contributed by atoms with van der Waals surface area (Å²) in [6, 6.07) is 16.7. The second-order valence-corrected chi connectivity index (χ2v) is 11.0. The lowest BCUT2D eigenvalue weighted by Crippen LogP contribution is -2.35. The zero-order valence-corrected chi connectivity index (χ0v) is 21.6. The average Bonchev–Trinajstić information content (AvgIpc) is 3.21. The van der Waals surface area contributed by atoms with Gasteiger partial charge in [0.1, 0.15) is 10.6 Å². The molecule has 176 valence electrons. The summed E-state index contributed by atoms with van der Waals surface area (Å²) in [4.78, 5) is 23.6. The molecule has 0 unspecified atom stereocenters. The van der Waals surface area contributed by atoms with Crippen molar-refractivity contribution in [1.82, 2.24) is 14.5 Å². The molecule has 7 heteroatoms. The zero-order valence-electron chi connectivity index (χ0n) is 20.0. The molecule has 2 aromatic heterocycles. The van der Waals surface area contributed by atoms with Crippen molar-refractivity contribution in [3.05, 3.63) is 80.5 Å². The lowest BCUT2D eigenvalue weighted by Gasteiger charge is -2.30. The molecule has 0 saturated heterocycles. The van der Waals surface area contributed by atoms with Gasteiger partial charge in [0.05, 0.1) is 18.2 Å². The van der Waals surface area contributed by atoms with E-state index in [4.69, 9.17) is 9.72 Å². The minimum absolute atomic E-state index is 0.0251. The zero-order chi connectivity index (χ0) is 23.8. The maximum absolute atomic E-state index is 14.0. The van der Waals surface area contributed by atoms with Gasteiger partial charge in [-0.2, -0.15) is 0 Å². The molecule has 2 aromatic carbocycles. The highest BCUT2D eigenvalue weighted by atomic mass is 32.2.